The minimum atomic E-state index is -0.0436. The van der Waals surface area contributed by atoms with Crippen molar-refractivity contribution in [2.45, 2.75) is 6.92 Å². The summed E-state index contributed by atoms with van der Waals surface area (Å²) in [4.78, 5) is 26.5. The zero-order valence-electron chi connectivity index (χ0n) is 18.2. The molecule has 0 spiro atoms. The molecule has 0 radical (unpaired) electrons. The quantitative estimate of drug-likeness (QED) is 0.497. The smallest absolute Gasteiger partial charge is 0.274 e. The summed E-state index contributed by atoms with van der Waals surface area (Å²) in [6.07, 6.45) is 5.37. The van der Waals surface area contributed by atoms with Crippen LogP contribution in [0.5, 0.6) is 5.75 Å². The molecule has 3 heterocycles. The van der Waals surface area contributed by atoms with Gasteiger partial charge in [-0.15, -0.1) is 0 Å². The van der Waals surface area contributed by atoms with E-state index in [1.54, 1.807) is 19.5 Å². The summed E-state index contributed by atoms with van der Waals surface area (Å²) in [6.45, 7) is 4.92. The highest BCUT2D eigenvalue weighted by Gasteiger charge is 2.24. The van der Waals surface area contributed by atoms with Crippen LogP contribution in [0, 0.1) is 6.92 Å². The number of nitrogens with zero attached hydrogens (tertiary/aromatic N) is 5. The molecular weight excluding hydrogens is 402 g/mol. The fourth-order valence-electron chi connectivity index (χ4n) is 4.06. The van der Waals surface area contributed by atoms with Crippen LogP contribution in [0.25, 0.3) is 16.9 Å². The van der Waals surface area contributed by atoms with E-state index in [1.807, 2.05) is 39.8 Å². The van der Waals surface area contributed by atoms with Crippen molar-refractivity contribution in [1.29, 1.82) is 0 Å². The third kappa shape index (κ3) is 3.77. The first-order valence-electron chi connectivity index (χ1n) is 10.7. The SMILES string of the molecule is COc1ccc(N2CCN(C(=O)c3cn4ccnc(-c5ccc(C)cc5)c4n3)CC2)cc1. The van der Waals surface area contributed by atoms with Crippen molar-refractivity contribution in [3.05, 3.63) is 78.4 Å². The van der Waals surface area contributed by atoms with Gasteiger partial charge in [-0.05, 0) is 31.2 Å². The number of aromatic nitrogens is 3. The number of fused-ring (bicyclic) bond motifs is 1. The fourth-order valence-corrected chi connectivity index (χ4v) is 4.06. The number of amides is 1. The molecule has 0 aliphatic carbocycles. The van der Waals surface area contributed by atoms with Crippen molar-refractivity contribution in [2.24, 2.45) is 0 Å². The van der Waals surface area contributed by atoms with Crippen LogP contribution in [0.3, 0.4) is 0 Å². The molecule has 0 N–H and O–H groups in total. The Labute approximate surface area is 186 Å². The number of rotatable bonds is 4. The lowest BCUT2D eigenvalue weighted by Crippen LogP contribution is -2.48. The maximum Gasteiger partial charge on any atom is 0.274 e. The van der Waals surface area contributed by atoms with E-state index in [9.17, 15) is 4.79 Å². The number of benzene rings is 2. The number of anilines is 1. The molecule has 0 unspecified atom stereocenters. The summed E-state index contributed by atoms with van der Waals surface area (Å²) in [5.41, 5.74) is 5.23. The molecule has 162 valence electrons. The monoisotopic (exact) mass is 427 g/mol. The van der Waals surface area contributed by atoms with Crippen molar-refractivity contribution in [3.63, 3.8) is 0 Å². The Morgan fingerprint density at radius 1 is 0.969 bits per heavy atom. The number of imidazole rings is 1. The van der Waals surface area contributed by atoms with Gasteiger partial charge in [0, 0.05) is 56.0 Å². The van der Waals surface area contributed by atoms with Crippen molar-refractivity contribution in [3.8, 4) is 17.0 Å². The molecule has 2 aromatic carbocycles. The summed E-state index contributed by atoms with van der Waals surface area (Å²) in [5.74, 6) is 0.798. The van der Waals surface area contributed by atoms with Gasteiger partial charge in [0.2, 0.25) is 0 Å². The van der Waals surface area contributed by atoms with Crippen LogP contribution >= 0.6 is 0 Å². The molecule has 7 nitrogen and oxygen atoms in total. The predicted octanol–water partition coefficient (Wildman–Crippen LogP) is 3.68. The van der Waals surface area contributed by atoms with Crippen LogP contribution in [0.2, 0.25) is 0 Å². The van der Waals surface area contributed by atoms with Crippen molar-refractivity contribution >= 4 is 17.2 Å². The lowest BCUT2D eigenvalue weighted by Gasteiger charge is -2.35. The number of carbonyl (C=O) groups excluding carboxylic acids is 1. The molecular formula is C25H25N5O2. The average molecular weight is 428 g/mol. The number of hydrogen-bond acceptors (Lipinski definition) is 5. The Balaban J connectivity index is 1.33. The maximum absolute atomic E-state index is 13.2. The van der Waals surface area contributed by atoms with Crippen LogP contribution in [0.4, 0.5) is 5.69 Å². The number of carbonyl (C=O) groups is 1. The zero-order valence-corrected chi connectivity index (χ0v) is 18.2. The van der Waals surface area contributed by atoms with Gasteiger partial charge in [-0.2, -0.15) is 0 Å². The number of aryl methyl sites for hydroxylation is 1. The molecule has 0 atom stereocenters. The van der Waals surface area contributed by atoms with Crippen LogP contribution in [-0.4, -0.2) is 58.5 Å². The second kappa shape index (κ2) is 8.34. The molecule has 5 rings (SSSR count). The Kier molecular flexibility index (Phi) is 5.23. The van der Waals surface area contributed by atoms with Gasteiger partial charge in [0.1, 0.15) is 17.1 Å². The summed E-state index contributed by atoms with van der Waals surface area (Å²) in [6, 6.07) is 16.2. The van der Waals surface area contributed by atoms with Crippen LogP contribution in [0.1, 0.15) is 16.1 Å². The first-order valence-corrected chi connectivity index (χ1v) is 10.7. The molecule has 2 aromatic heterocycles. The van der Waals surface area contributed by atoms with E-state index < -0.39 is 0 Å². The van der Waals surface area contributed by atoms with Gasteiger partial charge in [-0.1, -0.05) is 29.8 Å². The summed E-state index contributed by atoms with van der Waals surface area (Å²) < 4.78 is 7.11. The molecule has 32 heavy (non-hydrogen) atoms. The van der Waals surface area contributed by atoms with E-state index in [4.69, 9.17) is 4.74 Å². The third-order valence-electron chi connectivity index (χ3n) is 5.92. The first kappa shape index (κ1) is 20.1. The van der Waals surface area contributed by atoms with Gasteiger partial charge in [0.15, 0.2) is 5.65 Å². The van der Waals surface area contributed by atoms with E-state index in [0.717, 1.165) is 35.8 Å². The highest BCUT2D eigenvalue weighted by atomic mass is 16.5. The molecule has 0 saturated carbocycles. The average Bonchev–Trinajstić information content (AvgIpc) is 3.29. The largest absolute Gasteiger partial charge is 0.497 e. The Hall–Kier alpha value is -3.87. The molecule has 7 heteroatoms. The second-order valence-electron chi connectivity index (χ2n) is 7.98. The zero-order chi connectivity index (χ0) is 22.1. The molecule has 1 fully saturated rings. The van der Waals surface area contributed by atoms with E-state index in [0.29, 0.717) is 24.4 Å². The van der Waals surface area contributed by atoms with Gasteiger partial charge in [0.05, 0.1) is 7.11 Å². The van der Waals surface area contributed by atoms with Crippen LogP contribution in [-0.2, 0) is 0 Å². The lowest BCUT2D eigenvalue weighted by molar-refractivity contribution is 0.0741. The predicted molar refractivity (Wildman–Crippen MR) is 124 cm³/mol. The number of methoxy groups -OCH3 is 1. The van der Waals surface area contributed by atoms with Gasteiger partial charge < -0.3 is 18.9 Å². The van der Waals surface area contributed by atoms with Crippen LogP contribution < -0.4 is 9.64 Å². The Bertz CT molecular complexity index is 1240. The van der Waals surface area contributed by atoms with Gasteiger partial charge in [-0.25, -0.2) is 4.98 Å². The molecule has 1 aliphatic rings. The van der Waals surface area contributed by atoms with Crippen molar-refractivity contribution in [2.75, 3.05) is 38.2 Å². The molecule has 4 aromatic rings. The summed E-state index contributed by atoms with van der Waals surface area (Å²) in [5, 5.41) is 0. The lowest BCUT2D eigenvalue weighted by atomic mass is 10.1. The normalized spacial score (nSPS) is 14.1. The maximum atomic E-state index is 13.2. The third-order valence-corrected chi connectivity index (χ3v) is 5.92. The molecule has 0 bridgehead atoms. The van der Waals surface area contributed by atoms with E-state index in [-0.39, 0.29) is 5.91 Å². The topological polar surface area (TPSA) is 63.0 Å². The fraction of sp³-hybridized carbons (Fsp3) is 0.240. The van der Waals surface area contributed by atoms with E-state index in [1.165, 1.54) is 5.56 Å². The van der Waals surface area contributed by atoms with Gasteiger partial charge >= 0.3 is 0 Å². The minimum Gasteiger partial charge on any atom is -0.497 e. The highest BCUT2D eigenvalue weighted by Crippen LogP contribution is 2.24. The van der Waals surface area contributed by atoms with E-state index in [2.05, 4.69) is 46.1 Å². The minimum absolute atomic E-state index is 0.0436. The van der Waals surface area contributed by atoms with Crippen molar-refractivity contribution < 1.29 is 9.53 Å². The number of ether oxygens (including phenoxy) is 1. The molecule has 1 amide bonds. The second-order valence-corrected chi connectivity index (χ2v) is 7.98. The number of piperazine rings is 1. The first-order chi connectivity index (χ1) is 15.6. The van der Waals surface area contributed by atoms with Gasteiger partial charge in [0.25, 0.3) is 5.91 Å². The summed E-state index contributed by atoms with van der Waals surface area (Å²) >= 11 is 0. The Morgan fingerprint density at radius 2 is 1.69 bits per heavy atom. The standard InChI is InChI=1S/C25H25N5O2/c1-18-3-5-19(6-4-18)23-24-27-22(17-30(24)12-11-26-23)25(31)29-15-13-28(14-16-29)20-7-9-21(32-2)10-8-20/h3-12,17H,13-16H2,1-2H3. The van der Waals surface area contributed by atoms with Gasteiger partial charge in [-0.3, -0.25) is 9.78 Å². The van der Waals surface area contributed by atoms with Crippen LogP contribution in [0.15, 0.2) is 67.1 Å². The highest BCUT2D eigenvalue weighted by molar-refractivity contribution is 5.94. The Morgan fingerprint density at radius 3 is 2.38 bits per heavy atom. The number of hydrogen-bond donors (Lipinski definition) is 0. The molecule has 1 aliphatic heterocycles. The van der Waals surface area contributed by atoms with Crippen molar-refractivity contribution in [1.82, 2.24) is 19.3 Å². The van der Waals surface area contributed by atoms with E-state index >= 15 is 0 Å². The molecule has 1 saturated heterocycles. The summed E-state index contributed by atoms with van der Waals surface area (Å²) in [7, 11) is 1.67.